The zero-order valence-corrected chi connectivity index (χ0v) is 16.3. The largest absolute Gasteiger partial charge is 0.493 e. The average molecular weight is 397 g/mol. The van der Waals surface area contributed by atoms with Gasteiger partial charge in [0.25, 0.3) is 0 Å². The summed E-state index contributed by atoms with van der Waals surface area (Å²) in [6.07, 6.45) is 3.98. The van der Waals surface area contributed by atoms with Gasteiger partial charge < -0.3 is 18.9 Å². The number of methoxy groups -OCH3 is 1. The van der Waals surface area contributed by atoms with Crippen LogP contribution in [-0.2, 0) is 4.74 Å². The Labute approximate surface area is 164 Å². The van der Waals surface area contributed by atoms with Crippen LogP contribution in [0.4, 0.5) is 0 Å². The number of rotatable bonds is 10. The van der Waals surface area contributed by atoms with Crippen LogP contribution in [0.3, 0.4) is 0 Å². The second-order valence-corrected chi connectivity index (χ2v) is 6.14. The van der Waals surface area contributed by atoms with E-state index in [0.717, 1.165) is 5.56 Å². The lowest BCUT2D eigenvalue weighted by atomic mass is 10.2. The fourth-order valence-corrected chi connectivity index (χ4v) is 2.68. The van der Waals surface area contributed by atoms with Crippen LogP contribution in [0.1, 0.15) is 12.5 Å². The highest BCUT2D eigenvalue weighted by atomic mass is 35.5. The first kappa shape index (κ1) is 20.4. The molecule has 0 amide bonds. The molecule has 0 aromatic heterocycles. The maximum atomic E-state index is 6.03. The molecule has 0 aliphatic rings. The molecule has 0 atom stereocenters. The Bertz CT molecular complexity index is 732. The number of halogens is 2. The molecule has 0 spiro atoms. The van der Waals surface area contributed by atoms with E-state index < -0.39 is 0 Å². The van der Waals surface area contributed by atoms with Gasteiger partial charge in [-0.25, -0.2) is 0 Å². The van der Waals surface area contributed by atoms with E-state index in [9.17, 15) is 0 Å². The van der Waals surface area contributed by atoms with E-state index >= 15 is 0 Å². The van der Waals surface area contributed by atoms with Gasteiger partial charge in [0.2, 0.25) is 0 Å². The SMILES string of the molecule is C/C=C/c1ccc(OCCOCCOc2ccc(Cl)cc2Cl)c(OC)c1. The highest BCUT2D eigenvalue weighted by molar-refractivity contribution is 6.35. The van der Waals surface area contributed by atoms with Crippen LogP contribution in [0.25, 0.3) is 6.08 Å². The lowest BCUT2D eigenvalue weighted by molar-refractivity contribution is 0.0757. The highest BCUT2D eigenvalue weighted by Crippen LogP contribution is 2.29. The van der Waals surface area contributed by atoms with Gasteiger partial charge in [0.1, 0.15) is 19.0 Å². The second kappa shape index (κ2) is 11.0. The molecule has 0 saturated carbocycles. The molecule has 2 aromatic rings. The topological polar surface area (TPSA) is 36.9 Å². The third-order valence-electron chi connectivity index (χ3n) is 3.41. The molecule has 2 rings (SSSR count). The van der Waals surface area contributed by atoms with E-state index in [4.69, 9.17) is 42.1 Å². The van der Waals surface area contributed by atoms with E-state index in [1.807, 2.05) is 37.3 Å². The first-order chi connectivity index (χ1) is 12.6. The Kier molecular flexibility index (Phi) is 8.62. The van der Waals surface area contributed by atoms with E-state index in [2.05, 4.69) is 0 Å². The summed E-state index contributed by atoms with van der Waals surface area (Å²) in [6, 6.07) is 10.9. The van der Waals surface area contributed by atoms with Crippen LogP contribution in [-0.4, -0.2) is 33.5 Å². The van der Waals surface area contributed by atoms with Crippen LogP contribution in [0, 0.1) is 0 Å². The van der Waals surface area contributed by atoms with Crippen molar-refractivity contribution in [2.24, 2.45) is 0 Å². The Morgan fingerprint density at radius 3 is 2.19 bits per heavy atom. The van der Waals surface area contributed by atoms with Crippen LogP contribution >= 0.6 is 23.2 Å². The molecular formula is C20H22Cl2O4. The molecule has 0 bridgehead atoms. The minimum atomic E-state index is 0.392. The van der Waals surface area contributed by atoms with Gasteiger partial charge in [0.05, 0.1) is 25.3 Å². The quantitative estimate of drug-likeness (QED) is 0.496. The number of hydrogen-bond donors (Lipinski definition) is 0. The number of ether oxygens (including phenoxy) is 4. The normalized spacial score (nSPS) is 10.9. The van der Waals surface area contributed by atoms with E-state index in [1.165, 1.54) is 0 Å². The number of hydrogen-bond acceptors (Lipinski definition) is 4. The fourth-order valence-electron chi connectivity index (χ4n) is 2.21. The first-order valence-electron chi connectivity index (χ1n) is 8.23. The average Bonchev–Trinajstić information content (AvgIpc) is 2.63. The van der Waals surface area contributed by atoms with Crippen molar-refractivity contribution < 1.29 is 18.9 Å². The number of benzene rings is 2. The Balaban J connectivity index is 1.67. The zero-order valence-electron chi connectivity index (χ0n) is 14.8. The van der Waals surface area contributed by atoms with Crippen molar-refractivity contribution in [3.05, 3.63) is 58.1 Å². The summed E-state index contributed by atoms with van der Waals surface area (Å²) >= 11 is 11.9. The molecule has 0 aliphatic carbocycles. The third-order valence-corrected chi connectivity index (χ3v) is 3.94. The summed E-state index contributed by atoms with van der Waals surface area (Å²) in [5.41, 5.74) is 1.06. The van der Waals surface area contributed by atoms with Crippen molar-refractivity contribution in [2.75, 3.05) is 33.5 Å². The molecule has 0 N–H and O–H groups in total. The molecule has 2 aromatic carbocycles. The Morgan fingerprint density at radius 2 is 1.54 bits per heavy atom. The second-order valence-electron chi connectivity index (χ2n) is 5.29. The van der Waals surface area contributed by atoms with Gasteiger partial charge >= 0.3 is 0 Å². The predicted octanol–water partition coefficient (Wildman–Crippen LogP) is 5.51. The smallest absolute Gasteiger partial charge is 0.161 e. The monoisotopic (exact) mass is 396 g/mol. The summed E-state index contributed by atoms with van der Waals surface area (Å²) in [5.74, 6) is 1.97. The molecule has 140 valence electrons. The predicted molar refractivity (Wildman–Crippen MR) is 106 cm³/mol. The van der Waals surface area contributed by atoms with Crippen molar-refractivity contribution in [1.82, 2.24) is 0 Å². The van der Waals surface area contributed by atoms with Gasteiger partial charge in [-0.3, -0.25) is 0 Å². The van der Waals surface area contributed by atoms with Gasteiger partial charge in [0, 0.05) is 5.02 Å². The van der Waals surface area contributed by atoms with E-state index in [1.54, 1.807) is 25.3 Å². The van der Waals surface area contributed by atoms with Crippen LogP contribution < -0.4 is 14.2 Å². The third kappa shape index (κ3) is 6.45. The summed E-state index contributed by atoms with van der Waals surface area (Å²) in [5, 5.41) is 1.05. The van der Waals surface area contributed by atoms with Crippen molar-refractivity contribution >= 4 is 29.3 Å². The maximum Gasteiger partial charge on any atom is 0.161 e. The van der Waals surface area contributed by atoms with Gasteiger partial charge in [-0.15, -0.1) is 0 Å². The fraction of sp³-hybridized carbons (Fsp3) is 0.300. The molecule has 0 radical (unpaired) electrons. The van der Waals surface area contributed by atoms with E-state index in [-0.39, 0.29) is 0 Å². The van der Waals surface area contributed by atoms with Crippen LogP contribution in [0.15, 0.2) is 42.5 Å². The molecule has 0 heterocycles. The lowest BCUT2D eigenvalue weighted by Gasteiger charge is -2.12. The standard InChI is InChI=1S/C20H22Cl2O4/c1-3-4-15-5-7-19(20(13-15)23-2)26-12-10-24-9-11-25-18-8-6-16(21)14-17(18)22/h3-8,13-14H,9-12H2,1-2H3/b4-3+. The molecule has 4 nitrogen and oxygen atoms in total. The van der Waals surface area contributed by atoms with Crippen molar-refractivity contribution in [3.63, 3.8) is 0 Å². The summed E-state index contributed by atoms with van der Waals surface area (Å²) < 4.78 is 22.1. The Hall–Kier alpha value is -1.88. The Morgan fingerprint density at radius 1 is 0.846 bits per heavy atom. The van der Waals surface area contributed by atoms with Crippen molar-refractivity contribution in [2.45, 2.75) is 6.92 Å². The first-order valence-corrected chi connectivity index (χ1v) is 8.98. The summed E-state index contributed by atoms with van der Waals surface area (Å²) in [7, 11) is 1.62. The molecule has 0 fully saturated rings. The maximum absolute atomic E-state index is 6.03. The highest BCUT2D eigenvalue weighted by Gasteiger charge is 2.05. The minimum absolute atomic E-state index is 0.392. The van der Waals surface area contributed by atoms with Gasteiger partial charge in [-0.05, 0) is 42.8 Å². The molecule has 26 heavy (non-hydrogen) atoms. The summed E-state index contributed by atoms with van der Waals surface area (Å²) in [4.78, 5) is 0. The van der Waals surface area contributed by atoms with Crippen molar-refractivity contribution in [1.29, 1.82) is 0 Å². The zero-order chi connectivity index (χ0) is 18.8. The lowest BCUT2D eigenvalue weighted by Crippen LogP contribution is -2.12. The van der Waals surface area contributed by atoms with Gasteiger partial charge in [-0.1, -0.05) is 41.4 Å². The van der Waals surface area contributed by atoms with Gasteiger partial charge in [-0.2, -0.15) is 0 Å². The van der Waals surface area contributed by atoms with Crippen LogP contribution in [0.5, 0.6) is 17.2 Å². The molecular weight excluding hydrogens is 375 g/mol. The summed E-state index contributed by atoms with van der Waals surface area (Å²) in [6.45, 7) is 3.65. The molecule has 0 saturated heterocycles. The minimum Gasteiger partial charge on any atom is -0.493 e. The number of allylic oxidation sites excluding steroid dienone is 1. The molecule has 0 aliphatic heterocycles. The van der Waals surface area contributed by atoms with Crippen molar-refractivity contribution in [3.8, 4) is 17.2 Å². The van der Waals surface area contributed by atoms with Crippen LogP contribution in [0.2, 0.25) is 10.0 Å². The van der Waals surface area contributed by atoms with E-state index in [0.29, 0.717) is 53.7 Å². The molecule has 6 heteroatoms. The van der Waals surface area contributed by atoms with Gasteiger partial charge in [0.15, 0.2) is 11.5 Å². The molecule has 0 unspecified atom stereocenters.